The lowest BCUT2D eigenvalue weighted by Crippen LogP contribution is -2.12. The maximum atomic E-state index is 11.6. The van der Waals surface area contributed by atoms with Crippen LogP contribution in [-0.2, 0) is 5.75 Å². The molecule has 0 aliphatic rings. The Morgan fingerprint density at radius 3 is 2.74 bits per heavy atom. The van der Waals surface area contributed by atoms with Gasteiger partial charge in [0.05, 0.1) is 5.69 Å². The molecule has 19 heavy (non-hydrogen) atoms. The number of benzene rings is 1. The number of nitrogens with zero attached hydrogens (tertiary/aromatic N) is 1. The van der Waals surface area contributed by atoms with Crippen LogP contribution in [0.5, 0.6) is 0 Å². The highest BCUT2D eigenvalue weighted by Gasteiger charge is 2.03. The number of anilines is 2. The van der Waals surface area contributed by atoms with Gasteiger partial charge in [0.25, 0.3) is 5.56 Å². The largest absolute Gasteiger partial charge is 0.326 e. The maximum absolute atomic E-state index is 11.6. The molecular formula is C14H17N3OS. The number of hydrogen-bond acceptors (Lipinski definition) is 4. The molecule has 5 heteroatoms. The number of aromatic nitrogens is 2. The van der Waals surface area contributed by atoms with Gasteiger partial charge in [0.1, 0.15) is 0 Å². The van der Waals surface area contributed by atoms with Crippen LogP contribution in [0.1, 0.15) is 19.5 Å². The summed E-state index contributed by atoms with van der Waals surface area (Å²) in [7, 11) is 0. The van der Waals surface area contributed by atoms with Crippen LogP contribution >= 0.6 is 11.8 Å². The van der Waals surface area contributed by atoms with Crippen molar-refractivity contribution in [3.63, 3.8) is 0 Å². The summed E-state index contributed by atoms with van der Waals surface area (Å²) in [5.41, 5.74) is 1.56. The number of H-pyrrole nitrogens is 1. The fourth-order valence-corrected chi connectivity index (χ4v) is 2.20. The molecular weight excluding hydrogens is 258 g/mol. The first-order valence-corrected chi connectivity index (χ1v) is 7.22. The van der Waals surface area contributed by atoms with Crippen molar-refractivity contribution < 1.29 is 0 Å². The van der Waals surface area contributed by atoms with Crippen molar-refractivity contribution in [1.82, 2.24) is 9.97 Å². The number of rotatable bonds is 5. The van der Waals surface area contributed by atoms with Crippen molar-refractivity contribution in [2.75, 3.05) is 5.32 Å². The zero-order chi connectivity index (χ0) is 13.7. The molecule has 100 valence electrons. The molecule has 1 heterocycles. The average Bonchev–Trinajstić information content (AvgIpc) is 2.37. The minimum Gasteiger partial charge on any atom is -0.326 e. The van der Waals surface area contributed by atoms with E-state index < -0.39 is 0 Å². The summed E-state index contributed by atoms with van der Waals surface area (Å²) in [6, 6.07) is 11.2. The van der Waals surface area contributed by atoms with Gasteiger partial charge in [-0.05, 0) is 17.4 Å². The van der Waals surface area contributed by atoms with Crippen molar-refractivity contribution in [2.45, 2.75) is 24.9 Å². The van der Waals surface area contributed by atoms with E-state index in [1.165, 1.54) is 0 Å². The van der Waals surface area contributed by atoms with Gasteiger partial charge >= 0.3 is 0 Å². The first-order valence-electron chi connectivity index (χ1n) is 6.17. The first kappa shape index (κ1) is 13.7. The number of para-hydroxylation sites is 1. The molecule has 0 atom stereocenters. The fraction of sp³-hybridized carbons (Fsp3) is 0.286. The zero-order valence-electron chi connectivity index (χ0n) is 11.0. The second-order valence-corrected chi connectivity index (χ2v) is 6.00. The minimum absolute atomic E-state index is 0.132. The molecule has 2 rings (SSSR count). The maximum Gasteiger partial charge on any atom is 0.252 e. The Morgan fingerprint density at radius 1 is 1.32 bits per heavy atom. The van der Waals surface area contributed by atoms with Crippen LogP contribution in [-0.4, -0.2) is 15.2 Å². The van der Waals surface area contributed by atoms with E-state index in [9.17, 15) is 4.79 Å². The van der Waals surface area contributed by atoms with Crippen molar-refractivity contribution in [3.05, 3.63) is 52.4 Å². The van der Waals surface area contributed by atoms with Crippen molar-refractivity contribution in [3.8, 4) is 0 Å². The smallest absolute Gasteiger partial charge is 0.252 e. The summed E-state index contributed by atoms with van der Waals surface area (Å²) in [4.78, 5) is 18.7. The molecule has 0 aliphatic heterocycles. The van der Waals surface area contributed by atoms with Gasteiger partial charge in [0, 0.05) is 17.5 Å². The topological polar surface area (TPSA) is 57.8 Å². The van der Waals surface area contributed by atoms with Crippen LogP contribution < -0.4 is 10.9 Å². The van der Waals surface area contributed by atoms with Crippen LogP contribution in [0, 0.1) is 0 Å². The van der Waals surface area contributed by atoms with Crippen LogP contribution in [0.4, 0.5) is 11.6 Å². The van der Waals surface area contributed by atoms with E-state index in [1.807, 2.05) is 30.3 Å². The fourth-order valence-electron chi connectivity index (χ4n) is 1.55. The van der Waals surface area contributed by atoms with Gasteiger partial charge in [-0.15, -0.1) is 0 Å². The van der Waals surface area contributed by atoms with Crippen LogP contribution in [0.25, 0.3) is 0 Å². The van der Waals surface area contributed by atoms with Crippen LogP contribution in [0.2, 0.25) is 0 Å². The number of aromatic amines is 1. The highest BCUT2D eigenvalue weighted by molar-refractivity contribution is 7.99. The lowest BCUT2D eigenvalue weighted by atomic mass is 10.3. The molecule has 1 aromatic heterocycles. The minimum atomic E-state index is -0.132. The molecule has 2 N–H and O–H groups in total. The second kappa shape index (κ2) is 6.43. The molecule has 0 saturated carbocycles. The standard InChI is InChI=1S/C14H17N3OS/c1-10(2)19-9-12-8-13(18)17-14(16-12)15-11-6-4-3-5-7-11/h3-8,10H,9H2,1-2H3,(H2,15,16,17,18). The molecule has 0 radical (unpaired) electrons. The van der Waals surface area contributed by atoms with E-state index in [0.717, 1.165) is 17.1 Å². The molecule has 0 aliphatic carbocycles. The van der Waals surface area contributed by atoms with Crippen LogP contribution in [0.15, 0.2) is 41.2 Å². The van der Waals surface area contributed by atoms with Gasteiger partial charge in [-0.25, -0.2) is 4.98 Å². The van der Waals surface area contributed by atoms with Gasteiger partial charge in [-0.2, -0.15) is 11.8 Å². The average molecular weight is 275 g/mol. The zero-order valence-corrected chi connectivity index (χ0v) is 11.8. The van der Waals surface area contributed by atoms with Crippen molar-refractivity contribution >= 4 is 23.4 Å². The molecule has 2 aromatic rings. The van der Waals surface area contributed by atoms with E-state index in [4.69, 9.17) is 0 Å². The SMILES string of the molecule is CC(C)SCc1cc(=O)[nH]c(Nc2ccccc2)n1. The van der Waals surface area contributed by atoms with E-state index in [1.54, 1.807) is 17.8 Å². The molecule has 0 bridgehead atoms. The Bertz CT molecular complexity index is 581. The summed E-state index contributed by atoms with van der Waals surface area (Å²) >= 11 is 1.77. The van der Waals surface area contributed by atoms with E-state index in [2.05, 4.69) is 29.1 Å². The quantitative estimate of drug-likeness (QED) is 0.880. The van der Waals surface area contributed by atoms with Gasteiger partial charge in [-0.3, -0.25) is 9.78 Å². The molecule has 0 amide bonds. The summed E-state index contributed by atoms with van der Waals surface area (Å²) in [6.07, 6.45) is 0. The monoisotopic (exact) mass is 275 g/mol. The predicted octanol–water partition coefficient (Wildman–Crippen LogP) is 3.16. The number of nitrogens with one attached hydrogen (secondary N) is 2. The summed E-state index contributed by atoms with van der Waals surface area (Å²) in [5, 5.41) is 3.62. The molecule has 1 aromatic carbocycles. The second-order valence-electron chi connectivity index (χ2n) is 4.44. The Hall–Kier alpha value is -1.75. The number of thioether (sulfide) groups is 1. The molecule has 0 unspecified atom stereocenters. The van der Waals surface area contributed by atoms with Crippen molar-refractivity contribution in [2.24, 2.45) is 0 Å². The third-order valence-corrected chi connectivity index (χ3v) is 3.52. The van der Waals surface area contributed by atoms with E-state index in [-0.39, 0.29) is 5.56 Å². The molecule has 0 saturated heterocycles. The normalized spacial score (nSPS) is 10.7. The van der Waals surface area contributed by atoms with Gasteiger partial charge in [0.15, 0.2) is 0 Å². The lowest BCUT2D eigenvalue weighted by Gasteiger charge is -2.08. The Labute approximate surface area is 116 Å². The predicted molar refractivity (Wildman–Crippen MR) is 81.0 cm³/mol. The Kier molecular flexibility index (Phi) is 4.63. The molecule has 0 spiro atoms. The Balaban J connectivity index is 2.15. The Morgan fingerprint density at radius 2 is 2.05 bits per heavy atom. The number of hydrogen-bond donors (Lipinski definition) is 2. The lowest BCUT2D eigenvalue weighted by molar-refractivity contribution is 1.05. The summed E-state index contributed by atoms with van der Waals surface area (Å²) in [6.45, 7) is 4.25. The molecule has 0 fully saturated rings. The van der Waals surface area contributed by atoms with Crippen molar-refractivity contribution in [1.29, 1.82) is 0 Å². The van der Waals surface area contributed by atoms with Gasteiger partial charge < -0.3 is 5.32 Å². The highest BCUT2D eigenvalue weighted by atomic mass is 32.2. The third kappa shape index (κ3) is 4.44. The van der Waals surface area contributed by atoms with Gasteiger partial charge in [-0.1, -0.05) is 32.0 Å². The van der Waals surface area contributed by atoms with Crippen LogP contribution in [0.3, 0.4) is 0 Å². The summed E-state index contributed by atoms with van der Waals surface area (Å²) < 4.78 is 0. The molecule has 4 nitrogen and oxygen atoms in total. The highest BCUT2D eigenvalue weighted by Crippen LogP contribution is 2.16. The van der Waals surface area contributed by atoms with Gasteiger partial charge in [0.2, 0.25) is 5.95 Å². The third-order valence-electron chi connectivity index (χ3n) is 2.40. The van der Waals surface area contributed by atoms with E-state index >= 15 is 0 Å². The van der Waals surface area contributed by atoms with E-state index in [0.29, 0.717) is 11.2 Å². The summed E-state index contributed by atoms with van der Waals surface area (Å²) in [5.74, 6) is 1.23. The first-order chi connectivity index (χ1) is 9.13.